The van der Waals surface area contributed by atoms with Crippen molar-refractivity contribution in [2.45, 2.75) is 19.9 Å². The molecule has 0 spiro atoms. The molecule has 7 nitrogen and oxygen atoms in total. The van der Waals surface area contributed by atoms with Crippen LogP contribution in [-0.2, 0) is 0 Å². The molecule has 4 aromatic rings. The number of piperazine rings is 1. The number of nitrogens with zero attached hydrogens (tertiary/aromatic N) is 5. The molecule has 1 fully saturated rings. The van der Waals surface area contributed by atoms with Gasteiger partial charge < -0.3 is 14.4 Å². The summed E-state index contributed by atoms with van der Waals surface area (Å²) in [5, 5.41) is 15.6. The van der Waals surface area contributed by atoms with E-state index in [4.69, 9.17) is 4.42 Å². The van der Waals surface area contributed by atoms with Gasteiger partial charge in [-0.25, -0.2) is 0 Å². The van der Waals surface area contributed by atoms with Gasteiger partial charge in [0.25, 0.3) is 0 Å². The number of aryl methyl sites for hydroxylation is 1. The number of hydrogen-bond acceptors (Lipinski definition) is 7. The average molecular weight is 424 g/mol. The number of aromatic hydroxyl groups is 1. The lowest BCUT2D eigenvalue weighted by molar-refractivity contribution is 0.113. The van der Waals surface area contributed by atoms with Gasteiger partial charge in [-0.05, 0) is 31.2 Å². The molecule has 8 heteroatoms. The Balaban J connectivity index is 1.55. The minimum absolute atomic E-state index is 0.0230. The van der Waals surface area contributed by atoms with E-state index in [1.165, 1.54) is 27.0 Å². The van der Waals surface area contributed by atoms with Crippen LogP contribution in [0.2, 0.25) is 0 Å². The third-order valence-corrected chi connectivity index (χ3v) is 6.87. The molecule has 1 saturated heterocycles. The van der Waals surface area contributed by atoms with Crippen LogP contribution in [0, 0.1) is 6.92 Å². The molecule has 1 aliphatic heterocycles. The van der Waals surface area contributed by atoms with Crippen LogP contribution in [0.3, 0.4) is 0 Å². The van der Waals surface area contributed by atoms with Gasteiger partial charge in [0.15, 0.2) is 5.76 Å². The van der Waals surface area contributed by atoms with Gasteiger partial charge in [-0.3, -0.25) is 4.90 Å². The Morgan fingerprint density at radius 3 is 2.53 bits per heavy atom. The van der Waals surface area contributed by atoms with Crippen LogP contribution >= 0.6 is 11.3 Å². The van der Waals surface area contributed by atoms with Crippen molar-refractivity contribution in [1.82, 2.24) is 24.4 Å². The van der Waals surface area contributed by atoms with Gasteiger partial charge in [0, 0.05) is 26.2 Å². The van der Waals surface area contributed by atoms with Gasteiger partial charge >= 0.3 is 0 Å². The molecule has 156 valence electrons. The number of thiazole rings is 1. The maximum atomic E-state index is 11.1. The van der Waals surface area contributed by atoms with Crippen molar-refractivity contribution in [1.29, 1.82) is 0 Å². The van der Waals surface area contributed by atoms with Crippen LogP contribution in [0.4, 0.5) is 0 Å². The van der Waals surface area contributed by atoms with Crippen molar-refractivity contribution in [3.05, 3.63) is 58.7 Å². The Kier molecular flexibility index (Phi) is 5.06. The van der Waals surface area contributed by atoms with Gasteiger partial charge in [-0.1, -0.05) is 48.1 Å². The Morgan fingerprint density at radius 2 is 1.90 bits per heavy atom. The number of likely N-dealkylation sites (N-methyl/N-ethyl adjacent to an activating group) is 1. The van der Waals surface area contributed by atoms with Crippen molar-refractivity contribution < 1.29 is 9.52 Å². The average Bonchev–Trinajstić information content (AvgIpc) is 3.49. The van der Waals surface area contributed by atoms with Crippen LogP contribution in [0.5, 0.6) is 5.88 Å². The third kappa shape index (κ3) is 3.40. The second-order valence-corrected chi connectivity index (χ2v) is 8.69. The lowest BCUT2D eigenvalue weighted by Gasteiger charge is -2.38. The van der Waals surface area contributed by atoms with Crippen molar-refractivity contribution >= 4 is 16.3 Å². The highest BCUT2D eigenvalue weighted by atomic mass is 32.1. The smallest absolute Gasteiger partial charge is 0.230 e. The molecular formula is C22H25N5O2S. The van der Waals surface area contributed by atoms with Crippen LogP contribution in [0.1, 0.15) is 29.0 Å². The lowest BCUT2D eigenvalue weighted by atomic mass is 10.0. The molecule has 1 aromatic carbocycles. The quantitative estimate of drug-likeness (QED) is 0.527. The molecule has 1 N–H and O–H groups in total. The molecule has 3 aromatic heterocycles. The molecule has 5 rings (SSSR count). The summed E-state index contributed by atoms with van der Waals surface area (Å²) in [7, 11) is 0. The molecule has 30 heavy (non-hydrogen) atoms. The minimum atomic E-state index is -0.0230. The fourth-order valence-corrected chi connectivity index (χ4v) is 5.17. The third-order valence-electron chi connectivity index (χ3n) is 5.80. The van der Waals surface area contributed by atoms with Gasteiger partial charge in [-0.2, -0.15) is 9.50 Å². The fraction of sp³-hybridized carbons (Fsp3) is 0.364. The minimum Gasteiger partial charge on any atom is -0.492 e. The Labute approximate surface area is 179 Å². The largest absolute Gasteiger partial charge is 0.492 e. The van der Waals surface area contributed by atoms with Crippen molar-refractivity contribution in [2.24, 2.45) is 0 Å². The highest BCUT2D eigenvalue weighted by Gasteiger charge is 2.31. The second-order valence-electron chi connectivity index (χ2n) is 7.68. The van der Waals surface area contributed by atoms with E-state index >= 15 is 0 Å². The molecule has 0 radical (unpaired) electrons. The van der Waals surface area contributed by atoms with E-state index in [1.807, 2.05) is 6.07 Å². The number of furan rings is 1. The van der Waals surface area contributed by atoms with E-state index in [2.05, 4.69) is 58.0 Å². The van der Waals surface area contributed by atoms with Gasteiger partial charge in [-0.15, -0.1) is 5.10 Å². The summed E-state index contributed by atoms with van der Waals surface area (Å²) in [5.74, 6) is 1.23. The van der Waals surface area contributed by atoms with Crippen LogP contribution in [0.25, 0.3) is 16.5 Å². The van der Waals surface area contributed by atoms with Gasteiger partial charge in [0.05, 0.1) is 17.2 Å². The standard InChI is InChI=1S/C22H25N5O2S/c1-3-25-10-12-26(13-11-25)18(16-8-6-15(2)7-9-16)19-21(28)27-22(30-19)23-20(24-27)17-5-4-14-29-17/h4-9,14,18,28H,3,10-13H2,1-2H3/t18-/m0/s1. The SMILES string of the molecule is CCN1CCN([C@@H](c2ccc(C)cc2)c2sc3nc(-c4ccco4)nn3c2O)CC1. The Morgan fingerprint density at radius 1 is 1.13 bits per heavy atom. The summed E-state index contributed by atoms with van der Waals surface area (Å²) >= 11 is 1.49. The first-order valence-electron chi connectivity index (χ1n) is 10.3. The monoisotopic (exact) mass is 423 g/mol. The molecule has 0 aliphatic carbocycles. The number of benzene rings is 1. The van der Waals surface area contributed by atoms with E-state index in [9.17, 15) is 5.11 Å². The summed E-state index contributed by atoms with van der Waals surface area (Å²) in [4.78, 5) is 11.0. The van der Waals surface area contributed by atoms with E-state index in [-0.39, 0.29) is 11.9 Å². The first kappa shape index (κ1) is 19.3. The lowest BCUT2D eigenvalue weighted by Crippen LogP contribution is -2.47. The first-order chi connectivity index (χ1) is 14.6. The molecular weight excluding hydrogens is 398 g/mol. The summed E-state index contributed by atoms with van der Waals surface area (Å²) in [6.45, 7) is 9.34. The fourth-order valence-electron chi connectivity index (χ4n) is 4.05. The van der Waals surface area contributed by atoms with E-state index in [0.29, 0.717) is 16.5 Å². The molecule has 0 bridgehead atoms. The maximum Gasteiger partial charge on any atom is 0.230 e. The highest BCUT2D eigenvalue weighted by molar-refractivity contribution is 7.17. The number of hydrogen-bond donors (Lipinski definition) is 1. The van der Waals surface area contributed by atoms with Crippen LogP contribution in [0.15, 0.2) is 47.1 Å². The van der Waals surface area contributed by atoms with Crippen molar-refractivity contribution in [3.63, 3.8) is 0 Å². The van der Waals surface area contributed by atoms with Crippen LogP contribution < -0.4 is 0 Å². The Bertz CT molecular complexity index is 1120. The summed E-state index contributed by atoms with van der Waals surface area (Å²) < 4.78 is 6.93. The van der Waals surface area contributed by atoms with Gasteiger partial charge in [0.1, 0.15) is 0 Å². The zero-order valence-corrected chi connectivity index (χ0v) is 18.0. The van der Waals surface area contributed by atoms with Crippen molar-refractivity contribution in [2.75, 3.05) is 32.7 Å². The molecule has 1 atom stereocenters. The summed E-state index contributed by atoms with van der Waals surface area (Å²) in [5.41, 5.74) is 2.40. The molecule has 4 heterocycles. The number of rotatable bonds is 5. The molecule has 1 aliphatic rings. The molecule has 0 saturated carbocycles. The van der Waals surface area contributed by atoms with Gasteiger partial charge in [0.2, 0.25) is 16.7 Å². The predicted octanol–water partition coefficient (Wildman–Crippen LogP) is 3.79. The molecule has 0 unspecified atom stereocenters. The topological polar surface area (TPSA) is 70.0 Å². The van der Waals surface area contributed by atoms with Crippen LogP contribution in [-0.4, -0.2) is 62.2 Å². The normalized spacial score (nSPS) is 17.0. The zero-order valence-electron chi connectivity index (χ0n) is 17.2. The zero-order chi connectivity index (χ0) is 20.7. The predicted molar refractivity (Wildman–Crippen MR) is 117 cm³/mol. The van der Waals surface area contributed by atoms with E-state index in [0.717, 1.165) is 37.6 Å². The first-order valence-corrected chi connectivity index (χ1v) is 11.1. The van der Waals surface area contributed by atoms with Crippen molar-refractivity contribution in [3.8, 4) is 17.5 Å². The number of aromatic nitrogens is 3. The van der Waals surface area contributed by atoms with E-state index in [1.54, 1.807) is 12.3 Å². The molecule has 0 amide bonds. The highest BCUT2D eigenvalue weighted by Crippen LogP contribution is 2.40. The number of fused-ring (bicyclic) bond motifs is 1. The second kappa shape index (κ2) is 7.86. The summed E-state index contributed by atoms with van der Waals surface area (Å²) in [6.07, 6.45) is 1.60. The maximum absolute atomic E-state index is 11.1. The van der Waals surface area contributed by atoms with E-state index < -0.39 is 0 Å². The summed E-state index contributed by atoms with van der Waals surface area (Å²) in [6, 6.07) is 12.2. The Hall–Kier alpha value is -2.68.